The average molecular weight is 406 g/mol. The summed E-state index contributed by atoms with van der Waals surface area (Å²) >= 11 is 0. The first-order valence-electron chi connectivity index (χ1n) is 9.80. The molecule has 0 bridgehead atoms. The molecule has 0 fully saturated rings. The lowest BCUT2D eigenvalue weighted by molar-refractivity contribution is -0.116. The van der Waals surface area contributed by atoms with E-state index in [9.17, 15) is 4.79 Å². The molecule has 3 rings (SSSR count). The molecule has 6 nitrogen and oxygen atoms in total. The number of hydrogen-bond acceptors (Lipinski definition) is 5. The van der Waals surface area contributed by atoms with E-state index in [1.54, 1.807) is 26.6 Å². The third-order valence-corrected chi connectivity index (χ3v) is 4.54. The van der Waals surface area contributed by atoms with Crippen LogP contribution in [0.5, 0.6) is 17.2 Å². The lowest BCUT2D eigenvalue weighted by Gasteiger charge is -2.09. The van der Waals surface area contributed by atoms with Crippen LogP contribution < -0.4 is 14.8 Å². The molecule has 0 atom stereocenters. The van der Waals surface area contributed by atoms with Gasteiger partial charge < -0.3 is 19.5 Å². The Morgan fingerprint density at radius 3 is 2.23 bits per heavy atom. The minimum Gasteiger partial charge on any atom is -0.495 e. The van der Waals surface area contributed by atoms with E-state index in [2.05, 4.69) is 10.3 Å². The maximum Gasteiger partial charge on any atom is 0.224 e. The monoisotopic (exact) mass is 406 g/mol. The Balaban J connectivity index is 1.48. The lowest BCUT2D eigenvalue weighted by Crippen LogP contribution is -2.12. The largest absolute Gasteiger partial charge is 0.495 e. The van der Waals surface area contributed by atoms with Crippen molar-refractivity contribution in [1.29, 1.82) is 0 Å². The summed E-state index contributed by atoms with van der Waals surface area (Å²) in [7, 11) is 3.29. The Hall–Kier alpha value is -3.38. The van der Waals surface area contributed by atoms with Crippen molar-refractivity contribution in [3.05, 3.63) is 78.1 Å². The van der Waals surface area contributed by atoms with Crippen LogP contribution in [0.3, 0.4) is 0 Å². The summed E-state index contributed by atoms with van der Waals surface area (Å²) in [5.74, 6) is 2.10. The molecule has 0 radical (unpaired) electrons. The van der Waals surface area contributed by atoms with Gasteiger partial charge in [0.05, 0.1) is 19.9 Å². The van der Waals surface area contributed by atoms with Crippen molar-refractivity contribution >= 4 is 11.6 Å². The van der Waals surface area contributed by atoms with Crippen LogP contribution >= 0.6 is 0 Å². The van der Waals surface area contributed by atoms with Gasteiger partial charge in [-0.25, -0.2) is 0 Å². The Morgan fingerprint density at radius 2 is 1.57 bits per heavy atom. The maximum absolute atomic E-state index is 12.2. The van der Waals surface area contributed by atoms with Gasteiger partial charge >= 0.3 is 0 Å². The summed E-state index contributed by atoms with van der Waals surface area (Å²) in [4.78, 5) is 16.3. The summed E-state index contributed by atoms with van der Waals surface area (Å²) in [5, 5.41) is 2.90. The highest BCUT2D eigenvalue weighted by molar-refractivity contribution is 5.90. The van der Waals surface area contributed by atoms with Crippen molar-refractivity contribution in [2.24, 2.45) is 0 Å². The van der Waals surface area contributed by atoms with E-state index in [1.807, 2.05) is 54.6 Å². The molecule has 0 spiro atoms. The molecule has 1 amide bonds. The number of ether oxygens (including phenoxy) is 3. The highest BCUT2D eigenvalue weighted by atomic mass is 16.5. The molecule has 30 heavy (non-hydrogen) atoms. The number of pyridine rings is 1. The highest BCUT2D eigenvalue weighted by Crippen LogP contribution is 2.23. The van der Waals surface area contributed by atoms with Crippen LogP contribution in [0.25, 0.3) is 0 Å². The second-order valence-corrected chi connectivity index (χ2v) is 6.79. The number of nitrogens with zero attached hydrogens (tertiary/aromatic N) is 1. The number of carbonyl (C=O) groups excluding carboxylic acids is 1. The van der Waals surface area contributed by atoms with E-state index in [1.165, 1.54) is 5.56 Å². The maximum atomic E-state index is 12.2. The van der Waals surface area contributed by atoms with Crippen molar-refractivity contribution in [2.45, 2.75) is 19.3 Å². The Labute approximate surface area is 176 Å². The van der Waals surface area contributed by atoms with Gasteiger partial charge in [-0.2, -0.15) is 0 Å². The minimum atomic E-state index is -0.0573. The number of aryl methyl sites for hydroxylation is 1. The van der Waals surface area contributed by atoms with E-state index < -0.39 is 0 Å². The zero-order valence-electron chi connectivity index (χ0n) is 17.3. The molecule has 0 saturated heterocycles. The first kappa shape index (κ1) is 21.3. The molecule has 1 heterocycles. The highest BCUT2D eigenvalue weighted by Gasteiger charge is 2.05. The number of carbonyl (C=O) groups is 1. The fraction of sp³-hybridized carbons (Fsp3) is 0.250. The van der Waals surface area contributed by atoms with Gasteiger partial charge in [0.25, 0.3) is 0 Å². The summed E-state index contributed by atoms with van der Waals surface area (Å²) in [5.41, 5.74) is 2.89. The first-order valence-corrected chi connectivity index (χ1v) is 9.80. The van der Waals surface area contributed by atoms with Gasteiger partial charge in [-0.05, 0) is 66.4 Å². The van der Waals surface area contributed by atoms with Crippen LogP contribution in [0.4, 0.5) is 5.69 Å². The average Bonchev–Trinajstić information content (AvgIpc) is 2.79. The Bertz CT molecular complexity index is 940. The number of aromatic nitrogens is 1. The van der Waals surface area contributed by atoms with Gasteiger partial charge in [0.15, 0.2) is 0 Å². The van der Waals surface area contributed by atoms with Crippen LogP contribution in [0.2, 0.25) is 0 Å². The molecule has 6 heteroatoms. The SMILES string of the molecule is COCCc1ccc(Oc2ccc(NC(=O)CCc3cncc(OC)c3)cc2)cc1. The van der Waals surface area contributed by atoms with Crippen molar-refractivity contribution < 1.29 is 19.0 Å². The van der Waals surface area contributed by atoms with Crippen molar-refractivity contribution in [3.8, 4) is 17.2 Å². The van der Waals surface area contributed by atoms with Gasteiger partial charge in [0.1, 0.15) is 17.2 Å². The number of methoxy groups -OCH3 is 2. The van der Waals surface area contributed by atoms with E-state index in [4.69, 9.17) is 14.2 Å². The zero-order valence-corrected chi connectivity index (χ0v) is 17.3. The van der Waals surface area contributed by atoms with Crippen LogP contribution in [-0.2, 0) is 22.4 Å². The Kier molecular flexibility index (Phi) is 7.80. The number of amides is 1. The molecule has 156 valence electrons. The molecule has 2 aromatic carbocycles. The van der Waals surface area contributed by atoms with Crippen molar-refractivity contribution in [2.75, 3.05) is 26.1 Å². The standard InChI is InChI=1S/C24H26N2O4/c1-28-14-13-18-3-8-21(9-4-18)30-22-10-6-20(7-11-22)26-24(27)12-5-19-15-23(29-2)17-25-16-19/h3-4,6-11,15-17H,5,12-14H2,1-2H3,(H,26,27). The lowest BCUT2D eigenvalue weighted by atomic mass is 10.1. The molecule has 1 aromatic heterocycles. The van der Waals surface area contributed by atoms with Crippen LogP contribution in [-0.4, -0.2) is 31.7 Å². The summed E-state index contributed by atoms with van der Waals surface area (Å²) in [6, 6.07) is 17.1. The molecule has 0 saturated carbocycles. The number of hydrogen-bond donors (Lipinski definition) is 1. The fourth-order valence-corrected chi connectivity index (χ4v) is 2.88. The van der Waals surface area contributed by atoms with E-state index in [0.717, 1.165) is 23.4 Å². The van der Waals surface area contributed by atoms with Crippen molar-refractivity contribution in [1.82, 2.24) is 4.98 Å². The summed E-state index contributed by atoms with van der Waals surface area (Å²) in [6.45, 7) is 0.698. The van der Waals surface area contributed by atoms with Crippen LogP contribution in [0, 0.1) is 0 Å². The fourth-order valence-electron chi connectivity index (χ4n) is 2.88. The molecule has 1 N–H and O–H groups in total. The zero-order chi connectivity index (χ0) is 21.2. The molecule has 3 aromatic rings. The topological polar surface area (TPSA) is 69.7 Å². The molecule has 0 aliphatic heterocycles. The molecular weight excluding hydrogens is 380 g/mol. The minimum absolute atomic E-state index is 0.0573. The van der Waals surface area contributed by atoms with Gasteiger partial charge in [-0.1, -0.05) is 12.1 Å². The van der Waals surface area contributed by atoms with Gasteiger partial charge in [-0.15, -0.1) is 0 Å². The Morgan fingerprint density at radius 1 is 0.867 bits per heavy atom. The smallest absolute Gasteiger partial charge is 0.224 e. The summed E-state index contributed by atoms with van der Waals surface area (Å²) in [6.07, 6.45) is 5.22. The number of rotatable bonds is 10. The molecular formula is C24H26N2O4. The van der Waals surface area contributed by atoms with Gasteiger partial charge in [-0.3, -0.25) is 9.78 Å². The number of anilines is 1. The van der Waals surface area contributed by atoms with Crippen LogP contribution in [0.15, 0.2) is 67.0 Å². The number of benzene rings is 2. The normalized spacial score (nSPS) is 10.5. The summed E-state index contributed by atoms with van der Waals surface area (Å²) < 4.78 is 16.1. The second-order valence-electron chi connectivity index (χ2n) is 6.79. The van der Waals surface area contributed by atoms with Crippen molar-refractivity contribution in [3.63, 3.8) is 0 Å². The van der Waals surface area contributed by atoms with E-state index >= 15 is 0 Å². The van der Waals surface area contributed by atoms with Gasteiger partial charge in [0.2, 0.25) is 5.91 Å². The van der Waals surface area contributed by atoms with Gasteiger partial charge in [0, 0.05) is 25.4 Å². The molecule has 0 aliphatic carbocycles. The third-order valence-electron chi connectivity index (χ3n) is 4.54. The predicted molar refractivity (Wildman–Crippen MR) is 116 cm³/mol. The third kappa shape index (κ3) is 6.60. The number of nitrogens with one attached hydrogen (secondary N) is 1. The quantitative estimate of drug-likeness (QED) is 0.531. The second kappa shape index (κ2) is 11.0. The molecule has 0 unspecified atom stereocenters. The van der Waals surface area contributed by atoms with E-state index in [-0.39, 0.29) is 5.91 Å². The van der Waals surface area contributed by atoms with Crippen LogP contribution in [0.1, 0.15) is 17.5 Å². The first-order chi connectivity index (χ1) is 14.7. The predicted octanol–water partition coefficient (Wildman–Crippen LogP) is 4.64. The van der Waals surface area contributed by atoms with E-state index in [0.29, 0.717) is 30.9 Å². The molecule has 0 aliphatic rings.